The number of fused-ring (bicyclic) bond motifs is 1. The maximum absolute atomic E-state index is 13.2. The zero-order chi connectivity index (χ0) is 30.7. The molecular formula is C30H28F6N2O4. The molecule has 6 nitrogen and oxygen atoms in total. The first-order valence-electron chi connectivity index (χ1n) is 13.1. The predicted molar refractivity (Wildman–Crippen MR) is 142 cm³/mol. The number of methoxy groups -OCH3 is 1. The average molecular weight is 595 g/mol. The van der Waals surface area contributed by atoms with Gasteiger partial charge in [0.05, 0.1) is 42.3 Å². The minimum absolute atomic E-state index is 0.0384. The molecule has 3 aromatic rings. The number of carbonyl (C=O) groups is 1. The normalized spacial score (nSPS) is 18.8. The molecule has 0 bridgehead atoms. The Bertz CT molecular complexity index is 1460. The molecule has 1 aliphatic rings. The van der Waals surface area contributed by atoms with Gasteiger partial charge in [0, 0.05) is 23.2 Å². The van der Waals surface area contributed by atoms with Crippen molar-refractivity contribution in [1.29, 1.82) is 0 Å². The molecule has 0 amide bonds. The molecule has 2 N–H and O–H groups in total. The Labute approximate surface area is 237 Å². The van der Waals surface area contributed by atoms with Crippen molar-refractivity contribution < 1.29 is 46.1 Å². The van der Waals surface area contributed by atoms with Gasteiger partial charge in [0.2, 0.25) is 0 Å². The third-order valence-electron chi connectivity index (χ3n) is 7.39. The van der Waals surface area contributed by atoms with Crippen LogP contribution in [-0.2, 0) is 17.1 Å². The summed E-state index contributed by atoms with van der Waals surface area (Å²) in [7, 11) is 1.52. The number of aromatic nitrogens is 1. The predicted octanol–water partition coefficient (Wildman–Crippen LogP) is 6.31. The topological polar surface area (TPSA) is 82.9 Å². The number of ether oxygens (including phenoxy) is 1. The minimum Gasteiger partial charge on any atom is -0.497 e. The van der Waals surface area contributed by atoms with Gasteiger partial charge in [-0.3, -0.25) is 14.7 Å². The van der Waals surface area contributed by atoms with Crippen LogP contribution < -0.4 is 4.74 Å². The second-order valence-corrected chi connectivity index (χ2v) is 10.1. The lowest BCUT2D eigenvalue weighted by atomic mass is 9.85. The van der Waals surface area contributed by atoms with E-state index in [1.807, 2.05) is 0 Å². The van der Waals surface area contributed by atoms with E-state index in [0.717, 1.165) is 0 Å². The first-order chi connectivity index (χ1) is 19.8. The highest BCUT2D eigenvalue weighted by atomic mass is 19.4. The maximum atomic E-state index is 13.2. The zero-order valence-electron chi connectivity index (χ0n) is 22.5. The van der Waals surface area contributed by atoms with Crippen LogP contribution in [0, 0.1) is 17.8 Å². The highest BCUT2D eigenvalue weighted by molar-refractivity contribution is 5.83. The van der Waals surface area contributed by atoms with Crippen molar-refractivity contribution in [2.75, 3.05) is 20.2 Å². The van der Waals surface area contributed by atoms with E-state index < -0.39 is 53.1 Å². The summed E-state index contributed by atoms with van der Waals surface area (Å²) in [5, 5.41) is 21.6. The fraction of sp³-hybridized carbons (Fsp3) is 0.400. The molecule has 1 saturated heterocycles. The van der Waals surface area contributed by atoms with Gasteiger partial charge < -0.3 is 14.9 Å². The van der Waals surface area contributed by atoms with Gasteiger partial charge in [-0.25, -0.2) is 0 Å². The largest absolute Gasteiger partial charge is 0.497 e. The monoisotopic (exact) mass is 594 g/mol. The molecule has 3 unspecified atom stereocenters. The van der Waals surface area contributed by atoms with Gasteiger partial charge in [0.15, 0.2) is 0 Å². The van der Waals surface area contributed by atoms with Crippen molar-refractivity contribution in [2.24, 2.45) is 5.92 Å². The number of pyridine rings is 1. The summed E-state index contributed by atoms with van der Waals surface area (Å²) in [6.07, 6.45) is -8.02. The number of carboxylic acid groups (broad SMARTS) is 1. The molecule has 2 heterocycles. The number of aliphatic hydroxyl groups excluding tert-OH is 1. The fourth-order valence-corrected chi connectivity index (χ4v) is 5.31. The molecule has 2 aromatic carbocycles. The number of halogens is 6. The first kappa shape index (κ1) is 31.1. The summed E-state index contributed by atoms with van der Waals surface area (Å²) in [5.74, 6) is 3.80. The second kappa shape index (κ2) is 12.6. The molecule has 0 radical (unpaired) electrons. The van der Waals surface area contributed by atoms with Crippen LogP contribution in [-0.4, -0.2) is 52.3 Å². The maximum Gasteiger partial charge on any atom is 0.416 e. The van der Waals surface area contributed by atoms with Crippen LogP contribution in [0.3, 0.4) is 0 Å². The molecule has 224 valence electrons. The Morgan fingerprint density at radius 2 is 1.79 bits per heavy atom. The van der Waals surface area contributed by atoms with Gasteiger partial charge in [0.1, 0.15) is 5.75 Å². The van der Waals surface area contributed by atoms with Crippen molar-refractivity contribution in [3.63, 3.8) is 0 Å². The molecular weight excluding hydrogens is 566 g/mol. The van der Waals surface area contributed by atoms with E-state index in [1.165, 1.54) is 7.11 Å². The Morgan fingerprint density at radius 1 is 1.10 bits per heavy atom. The van der Waals surface area contributed by atoms with Crippen LogP contribution in [0.1, 0.15) is 54.0 Å². The SMILES string of the molecule is COc1ccc2nccc(C(O)CCC3C(C(=O)O)CCCN3CC#Cc3cc(C(F)(F)F)cc(C(F)(F)F)c3)c2c1. The summed E-state index contributed by atoms with van der Waals surface area (Å²) in [6.45, 7) is 0.364. The molecule has 0 spiro atoms. The van der Waals surface area contributed by atoms with E-state index in [9.17, 15) is 41.4 Å². The van der Waals surface area contributed by atoms with Crippen LogP contribution in [0.4, 0.5) is 26.3 Å². The van der Waals surface area contributed by atoms with Gasteiger partial charge in [0.25, 0.3) is 0 Å². The highest BCUT2D eigenvalue weighted by Gasteiger charge is 2.37. The van der Waals surface area contributed by atoms with Gasteiger partial charge >= 0.3 is 18.3 Å². The average Bonchev–Trinajstić information content (AvgIpc) is 2.94. The zero-order valence-corrected chi connectivity index (χ0v) is 22.5. The summed E-state index contributed by atoms with van der Waals surface area (Å²) >= 11 is 0. The van der Waals surface area contributed by atoms with Crippen LogP contribution >= 0.6 is 0 Å². The molecule has 1 fully saturated rings. The molecule has 0 saturated carbocycles. The highest BCUT2D eigenvalue weighted by Crippen LogP contribution is 2.36. The van der Waals surface area contributed by atoms with Crippen LogP contribution in [0.25, 0.3) is 10.9 Å². The standard InChI is InChI=1S/C30H28F6N2O4/c1-42-21-6-7-25-24(17-21)22(10-11-37-25)27(39)9-8-26-23(28(40)41)5-3-13-38(26)12-2-4-18-14-19(29(31,32)33)16-20(15-18)30(34,35)36/h6-7,10-11,14-17,23,26-27,39H,3,5,8-9,12-13H2,1H3,(H,40,41). The van der Waals surface area contributed by atoms with E-state index in [2.05, 4.69) is 16.8 Å². The van der Waals surface area contributed by atoms with E-state index in [4.69, 9.17) is 4.74 Å². The fourth-order valence-electron chi connectivity index (χ4n) is 5.31. The molecule has 3 atom stereocenters. The van der Waals surface area contributed by atoms with Crippen molar-refractivity contribution in [3.05, 3.63) is 70.9 Å². The van der Waals surface area contributed by atoms with Crippen molar-refractivity contribution in [2.45, 2.75) is 50.2 Å². The number of aliphatic carboxylic acids is 1. The Morgan fingerprint density at radius 3 is 2.40 bits per heavy atom. The van der Waals surface area contributed by atoms with E-state index in [0.29, 0.717) is 53.7 Å². The lowest BCUT2D eigenvalue weighted by molar-refractivity contribution is -0.146. The number of aliphatic hydroxyl groups is 1. The molecule has 42 heavy (non-hydrogen) atoms. The van der Waals surface area contributed by atoms with Crippen molar-refractivity contribution in [1.82, 2.24) is 9.88 Å². The number of hydrogen-bond donors (Lipinski definition) is 2. The van der Waals surface area contributed by atoms with Crippen molar-refractivity contribution in [3.8, 4) is 17.6 Å². The summed E-state index contributed by atoms with van der Waals surface area (Å²) < 4.78 is 84.5. The van der Waals surface area contributed by atoms with Crippen LogP contribution in [0.15, 0.2) is 48.7 Å². The quantitative estimate of drug-likeness (QED) is 0.247. The number of alkyl halides is 6. The molecule has 12 heteroatoms. The lowest BCUT2D eigenvalue weighted by Crippen LogP contribution is -2.48. The smallest absolute Gasteiger partial charge is 0.416 e. The summed E-state index contributed by atoms with van der Waals surface area (Å²) in [6, 6.07) is 7.52. The minimum atomic E-state index is -4.99. The van der Waals surface area contributed by atoms with Gasteiger partial charge in [-0.15, -0.1) is 0 Å². The molecule has 1 aromatic heterocycles. The van der Waals surface area contributed by atoms with Crippen LogP contribution in [0.5, 0.6) is 5.75 Å². The Kier molecular flexibility index (Phi) is 9.33. The van der Waals surface area contributed by atoms with Crippen LogP contribution in [0.2, 0.25) is 0 Å². The van der Waals surface area contributed by atoms with Gasteiger partial charge in [-0.05, 0) is 80.3 Å². The number of nitrogens with zero attached hydrogens (tertiary/aromatic N) is 2. The Balaban J connectivity index is 1.55. The number of rotatable bonds is 7. The van der Waals surface area contributed by atoms with E-state index >= 15 is 0 Å². The lowest BCUT2D eigenvalue weighted by Gasteiger charge is -2.39. The molecule has 0 aliphatic carbocycles. The Hall–Kier alpha value is -3.82. The number of likely N-dealkylation sites (tertiary alicyclic amines) is 1. The number of piperidine rings is 1. The summed E-state index contributed by atoms with van der Waals surface area (Å²) in [5.41, 5.74) is -2.13. The third kappa shape index (κ3) is 7.33. The molecule has 4 rings (SSSR count). The van der Waals surface area contributed by atoms with Crippen molar-refractivity contribution >= 4 is 16.9 Å². The second-order valence-electron chi connectivity index (χ2n) is 10.1. The number of benzene rings is 2. The summed E-state index contributed by atoms with van der Waals surface area (Å²) in [4.78, 5) is 18.1. The number of hydrogen-bond acceptors (Lipinski definition) is 5. The van der Waals surface area contributed by atoms with Gasteiger partial charge in [-0.2, -0.15) is 26.3 Å². The molecule has 1 aliphatic heterocycles. The third-order valence-corrected chi connectivity index (χ3v) is 7.39. The number of carboxylic acids is 1. The van der Waals surface area contributed by atoms with Gasteiger partial charge in [-0.1, -0.05) is 11.8 Å². The first-order valence-corrected chi connectivity index (χ1v) is 13.1. The van der Waals surface area contributed by atoms with E-state index in [-0.39, 0.29) is 25.5 Å². The van der Waals surface area contributed by atoms with E-state index in [1.54, 1.807) is 35.4 Å².